The Morgan fingerprint density at radius 2 is 1.50 bits per heavy atom. The first kappa shape index (κ1) is 27.0. The van der Waals surface area contributed by atoms with Crippen molar-refractivity contribution in [3.05, 3.63) is 95.7 Å². The summed E-state index contributed by atoms with van der Waals surface area (Å²) in [6.45, 7) is 0.424. The number of benzene rings is 3. The predicted molar refractivity (Wildman–Crippen MR) is 144 cm³/mol. The van der Waals surface area contributed by atoms with Crippen LogP contribution >= 0.6 is 0 Å². The highest BCUT2D eigenvalue weighted by molar-refractivity contribution is 7.93. The number of aromatic nitrogens is 1. The lowest BCUT2D eigenvalue weighted by Gasteiger charge is -2.35. The molecule has 1 saturated heterocycles. The van der Waals surface area contributed by atoms with Gasteiger partial charge in [-0.1, -0.05) is 24.3 Å². The molecule has 5 rings (SSSR count). The van der Waals surface area contributed by atoms with Crippen molar-refractivity contribution >= 4 is 38.4 Å². The van der Waals surface area contributed by atoms with Gasteiger partial charge >= 0.3 is 0 Å². The Morgan fingerprint density at radius 1 is 0.875 bits per heavy atom. The number of para-hydroxylation sites is 1. The smallest absolute Gasteiger partial charge is 0.264 e. The molecular weight excluding hydrogens is 542 g/mol. The molecule has 2 heterocycles. The summed E-state index contributed by atoms with van der Waals surface area (Å²) < 4.78 is 62.3. The highest BCUT2D eigenvalue weighted by Crippen LogP contribution is 2.28. The fourth-order valence-corrected chi connectivity index (χ4v) is 5.81. The third-order valence-corrected chi connectivity index (χ3v) is 8.01. The maximum absolute atomic E-state index is 14.1. The van der Waals surface area contributed by atoms with Crippen molar-refractivity contribution in [2.75, 3.05) is 38.0 Å². The number of hydrogen-bond acceptors (Lipinski definition) is 6. The number of fused-ring (bicyclic) bond motifs is 1. The van der Waals surface area contributed by atoms with Gasteiger partial charge in [-0.2, -0.15) is 0 Å². The summed E-state index contributed by atoms with van der Waals surface area (Å²) in [5.74, 6) is -2.92. The summed E-state index contributed by atoms with van der Waals surface area (Å²) in [5, 5.41) is 0.671. The number of sulfonamides is 1. The van der Waals surface area contributed by atoms with Gasteiger partial charge in [0.1, 0.15) is 27.8 Å². The van der Waals surface area contributed by atoms with E-state index in [2.05, 4.69) is 9.71 Å². The second-order valence-electron chi connectivity index (χ2n) is 9.03. The Morgan fingerprint density at radius 3 is 2.17 bits per heavy atom. The molecule has 2 amide bonds. The van der Waals surface area contributed by atoms with Crippen molar-refractivity contribution in [2.45, 2.75) is 4.90 Å². The van der Waals surface area contributed by atoms with Gasteiger partial charge in [0, 0.05) is 43.8 Å². The third-order valence-electron chi connectivity index (χ3n) is 6.60. The topological polar surface area (TPSA) is 109 Å². The van der Waals surface area contributed by atoms with Crippen LogP contribution in [0.25, 0.3) is 10.9 Å². The average molecular weight is 567 g/mol. The molecule has 0 unspecified atom stereocenters. The Labute approximate surface area is 229 Å². The van der Waals surface area contributed by atoms with Gasteiger partial charge in [-0.3, -0.25) is 19.3 Å². The Bertz CT molecular complexity index is 1700. The standard InChI is InChI=1S/C28H24F2N4O5S/c1-39-23-17-19(32-40(37,38)24-9-2-5-18-6-4-12-31-26(18)24)10-11-20(23)27(35)33-13-15-34(16-14-33)28(36)25-21(29)7-3-8-22(25)30/h2-12,17,32H,13-16H2,1H3. The van der Waals surface area contributed by atoms with Crippen LogP contribution in [0.3, 0.4) is 0 Å². The van der Waals surface area contributed by atoms with Crippen molar-refractivity contribution in [2.24, 2.45) is 0 Å². The quantitative estimate of drug-likeness (QED) is 0.379. The van der Waals surface area contributed by atoms with Crippen LogP contribution in [0.4, 0.5) is 14.5 Å². The monoisotopic (exact) mass is 566 g/mol. The van der Waals surface area contributed by atoms with Crippen molar-refractivity contribution in [1.29, 1.82) is 0 Å². The molecule has 206 valence electrons. The number of methoxy groups -OCH3 is 1. The van der Waals surface area contributed by atoms with E-state index in [0.29, 0.717) is 10.9 Å². The number of piperazine rings is 1. The summed E-state index contributed by atoms with van der Waals surface area (Å²) >= 11 is 0. The third kappa shape index (κ3) is 5.17. The van der Waals surface area contributed by atoms with Gasteiger partial charge in [-0.25, -0.2) is 17.2 Å². The van der Waals surface area contributed by atoms with Crippen LogP contribution in [0.5, 0.6) is 5.75 Å². The molecule has 40 heavy (non-hydrogen) atoms. The van der Waals surface area contributed by atoms with Crippen LogP contribution in [0.2, 0.25) is 0 Å². The van der Waals surface area contributed by atoms with E-state index in [9.17, 15) is 26.8 Å². The van der Waals surface area contributed by atoms with Gasteiger partial charge in [0.15, 0.2) is 0 Å². The van der Waals surface area contributed by atoms with Crippen molar-refractivity contribution in [3.63, 3.8) is 0 Å². The van der Waals surface area contributed by atoms with Crippen molar-refractivity contribution in [3.8, 4) is 5.75 Å². The van der Waals surface area contributed by atoms with E-state index in [4.69, 9.17) is 4.74 Å². The number of rotatable bonds is 6. The normalized spacial score (nSPS) is 13.8. The highest BCUT2D eigenvalue weighted by Gasteiger charge is 2.30. The summed E-state index contributed by atoms with van der Waals surface area (Å²) in [6.07, 6.45) is 1.51. The Kier molecular flexibility index (Phi) is 7.35. The molecule has 0 spiro atoms. The first-order chi connectivity index (χ1) is 19.2. The molecule has 9 nitrogen and oxygen atoms in total. The lowest BCUT2D eigenvalue weighted by Crippen LogP contribution is -2.51. The van der Waals surface area contributed by atoms with E-state index in [1.54, 1.807) is 24.3 Å². The zero-order chi connectivity index (χ0) is 28.4. The van der Waals surface area contributed by atoms with Gasteiger partial charge in [-0.05, 0) is 36.4 Å². The minimum absolute atomic E-state index is 0.00685. The maximum Gasteiger partial charge on any atom is 0.264 e. The van der Waals surface area contributed by atoms with Crippen molar-refractivity contribution in [1.82, 2.24) is 14.8 Å². The number of pyridine rings is 1. The molecule has 1 N–H and O–H groups in total. The number of anilines is 1. The maximum atomic E-state index is 14.1. The van der Waals surface area contributed by atoms with E-state index in [1.165, 1.54) is 53.4 Å². The molecule has 4 aromatic rings. The molecule has 0 atom stereocenters. The van der Waals surface area contributed by atoms with Crippen molar-refractivity contribution < 1.29 is 31.5 Å². The van der Waals surface area contributed by atoms with Crippen LogP contribution in [0.15, 0.2) is 77.8 Å². The highest BCUT2D eigenvalue weighted by atomic mass is 32.2. The number of carbonyl (C=O) groups is 2. The molecule has 1 aliphatic rings. The minimum Gasteiger partial charge on any atom is -0.496 e. The number of nitrogens with one attached hydrogen (secondary N) is 1. The number of carbonyl (C=O) groups excluding carboxylic acids is 2. The number of hydrogen-bond donors (Lipinski definition) is 1. The fraction of sp³-hybridized carbons (Fsp3) is 0.179. The minimum atomic E-state index is -4.02. The first-order valence-electron chi connectivity index (χ1n) is 12.3. The van der Waals surface area contributed by atoms with E-state index in [-0.39, 0.29) is 48.1 Å². The van der Waals surface area contributed by atoms with Crippen LogP contribution in [0.1, 0.15) is 20.7 Å². The van der Waals surface area contributed by atoms with E-state index < -0.39 is 39.0 Å². The van der Waals surface area contributed by atoms with Gasteiger partial charge in [0.05, 0.1) is 23.9 Å². The van der Waals surface area contributed by atoms with Gasteiger partial charge < -0.3 is 14.5 Å². The van der Waals surface area contributed by atoms with Gasteiger partial charge in [0.25, 0.3) is 21.8 Å². The second-order valence-corrected chi connectivity index (χ2v) is 10.7. The summed E-state index contributed by atoms with van der Waals surface area (Å²) in [7, 11) is -2.66. The lowest BCUT2D eigenvalue weighted by atomic mass is 10.1. The van der Waals surface area contributed by atoms with Crippen LogP contribution in [-0.2, 0) is 10.0 Å². The number of ether oxygens (including phenoxy) is 1. The molecule has 12 heteroatoms. The Balaban J connectivity index is 1.30. The molecule has 3 aromatic carbocycles. The van der Waals surface area contributed by atoms with Gasteiger partial charge in [-0.15, -0.1) is 0 Å². The molecule has 0 bridgehead atoms. The SMILES string of the molecule is COc1cc(NS(=O)(=O)c2cccc3cccnc23)ccc1C(=O)N1CCN(C(=O)c2c(F)cccc2F)CC1. The molecule has 1 aliphatic heterocycles. The summed E-state index contributed by atoms with van der Waals surface area (Å²) in [4.78, 5) is 32.9. The molecule has 0 saturated carbocycles. The summed E-state index contributed by atoms with van der Waals surface area (Å²) in [5.41, 5.74) is 0.0776. The van der Waals surface area contributed by atoms with E-state index in [0.717, 1.165) is 12.1 Å². The molecule has 0 radical (unpaired) electrons. The fourth-order valence-electron chi connectivity index (χ4n) is 4.58. The largest absolute Gasteiger partial charge is 0.496 e. The molecular formula is C28H24F2N4O5S. The van der Waals surface area contributed by atoms with Gasteiger partial charge in [0.2, 0.25) is 0 Å². The number of halogens is 2. The predicted octanol–water partition coefficient (Wildman–Crippen LogP) is 3.92. The average Bonchev–Trinajstić information content (AvgIpc) is 2.96. The zero-order valence-corrected chi connectivity index (χ0v) is 22.1. The van der Waals surface area contributed by atoms with Crippen LogP contribution in [0, 0.1) is 11.6 Å². The zero-order valence-electron chi connectivity index (χ0n) is 21.3. The summed E-state index contributed by atoms with van der Waals surface area (Å²) in [6, 6.07) is 15.9. The Hall–Kier alpha value is -4.58. The molecule has 0 aliphatic carbocycles. The van der Waals surface area contributed by atoms with E-state index >= 15 is 0 Å². The van der Waals surface area contributed by atoms with Crippen LogP contribution < -0.4 is 9.46 Å². The van der Waals surface area contributed by atoms with Crippen LogP contribution in [-0.4, -0.2) is 68.3 Å². The van der Waals surface area contributed by atoms with E-state index in [1.807, 2.05) is 0 Å². The second kappa shape index (κ2) is 10.9. The number of nitrogens with zero attached hydrogens (tertiary/aromatic N) is 3. The molecule has 1 aromatic heterocycles. The molecule has 1 fully saturated rings. The first-order valence-corrected chi connectivity index (χ1v) is 13.7. The number of amides is 2. The lowest BCUT2D eigenvalue weighted by molar-refractivity contribution is 0.0528.